The van der Waals surface area contributed by atoms with E-state index < -0.39 is 69.5 Å². The van der Waals surface area contributed by atoms with Crippen LogP contribution in [0.2, 0.25) is 0 Å². The number of carbonyl (C=O) groups excluding carboxylic acids is 4. The second kappa shape index (κ2) is 9.61. The minimum absolute atomic E-state index is 0.229. The molecular weight excluding hydrogens is 477 g/mol. The molecule has 35 heavy (non-hydrogen) atoms. The Labute approximate surface area is 206 Å². The van der Waals surface area contributed by atoms with Gasteiger partial charge in [0.05, 0.1) is 5.54 Å². The van der Waals surface area contributed by atoms with Crippen molar-refractivity contribution in [1.29, 1.82) is 0 Å². The van der Waals surface area contributed by atoms with Crippen molar-refractivity contribution in [2.45, 2.75) is 69.2 Å². The van der Waals surface area contributed by atoms with Crippen LogP contribution >= 0.6 is 0 Å². The Kier molecular flexibility index (Phi) is 7.07. The van der Waals surface area contributed by atoms with Crippen molar-refractivity contribution in [3.8, 4) is 0 Å². The van der Waals surface area contributed by atoms with Crippen LogP contribution in [0, 0.1) is 11.7 Å². The minimum atomic E-state index is -1.74. The van der Waals surface area contributed by atoms with Crippen molar-refractivity contribution in [3.63, 3.8) is 0 Å². The first kappa shape index (κ1) is 25.7. The van der Waals surface area contributed by atoms with Gasteiger partial charge in [-0.3, -0.25) is 24.6 Å². The molecule has 0 bridgehead atoms. The molecule has 2 saturated heterocycles. The Morgan fingerprint density at radius 3 is 2.63 bits per heavy atom. The van der Waals surface area contributed by atoms with Crippen molar-refractivity contribution >= 4 is 35.0 Å². The Hall–Kier alpha value is -2.34. The fourth-order valence-corrected chi connectivity index (χ4v) is 5.93. The number of urea groups is 1. The Morgan fingerprint density at radius 2 is 1.97 bits per heavy atom. The first-order valence-electron chi connectivity index (χ1n) is 11.7. The van der Waals surface area contributed by atoms with Gasteiger partial charge in [0.2, 0.25) is 5.91 Å². The fraction of sp³-hybridized carbons (Fsp3) is 0.583. The summed E-state index contributed by atoms with van der Waals surface area (Å²) in [7, 11) is 0. The molecule has 0 radical (unpaired) electrons. The minimum Gasteiger partial charge on any atom is -0.598 e. The van der Waals surface area contributed by atoms with E-state index in [4.69, 9.17) is 4.74 Å². The largest absolute Gasteiger partial charge is 0.598 e. The monoisotopic (exact) mass is 507 g/mol. The molecule has 1 aromatic carbocycles. The average molecular weight is 508 g/mol. The molecule has 2 fully saturated rings. The van der Waals surface area contributed by atoms with Crippen LogP contribution in [0.3, 0.4) is 0 Å². The highest BCUT2D eigenvalue weighted by Crippen LogP contribution is 2.43. The normalized spacial score (nSPS) is 26.5. The molecule has 0 saturated carbocycles. The summed E-state index contributed by atoms with van der Waals surface area (Å²) in [5, 5.41) is 2.13. The van der Waals surface area contributed by atoms with Crippen molar-refractivity contribution in [2.24, 2.45) is 5.92 Å². The number of hydrogen-bond donors (Lipinski definition) is 2. The number of carbonyl (C=O) groups is 4. The zero-order valence-electron chi connectivity index (χ0n) is 20.0. The molecular formula is C24H30FN3O6S. The molecule has 0 aromatic heterocycles. The SMILES string of the molecule is CC(C)(C)[S@@+]([O-])N[C@]1(CC(=O)[C@@H]2C(=O)NC(=O)N(C3CCOCC3)C2=O)CCc2cccc(F)c21. The molecule has 2 aliphatic heterocycles. The third-order valence-corrected chi connectivity index (χ3v) is 8.48. The van der Waals surface area contributed by atoms with E-state index in [9.17, 15) is 23.7 Å². The molecule has 9 nitrogen and oxygen atoms in total. The molecule has 1 aliphatic carbocycles. The maximum absolute atomic E-state index is 15.1. The summed E-state index contributed by atoms with van der Waals surface area (Å²) in [5.41, 5.74) is -0.455. The van der Waals surface area contributed by atoms with E-state index in [1.807, 2.05) is 0 Å². The molecule has 2 N–H and O–H groups in total. The van der Waals surface area contributed by atoms with E-state index in [0.717, 1.165) is 4.90 Å². The molecule has 0 unspecified atom stereocenters. The van der Waals surface area contributed by atoms with E-state index in [1.54, 1.807) is 32.9 Å². The number of Topliss-reactive ketones (excluding diaryl/α,β-unsaturated/α-hetero) is 1. The zero-order valence-corrected chi connectivity index (χ0v) is 20.8. The lowest BCUT2D eigenvalue weighted by atomic mass is 9.82. The van der Waals surface area contributed by atoms with Crippen LogP contribution in [0.1, 0.15) is 57.6 Å². The van der Waals surface area contributed by atoms with Crippen molar-refractivity contribution in [3.05, 3.63) is 35.1 Å². The Morgan fingerprint density at radius 1 is 1.29 bits per heavy atom. The van der Waals surface area contributed by atoms with E-state index in [2.05, 4.69) is 10.0 Å². The number of aryl methyl sites for hydroxylation is 1. The van der Waals surface area contributed by atoms with E-state index in [-0.39, 0.29) is 12.0 Å². The number of nitrogens with one attached hydrogen (secondary N) is 2. The number of imide groups is 2. The maximum atomic E-state index is 15.1. The van der Waals surface area contributed by atoms with Gasteiger partial charge in [0, 0.05) is 42.6 Å². The number of barbiturate groups is 1. The predicted octanol–water partition coefficient (Wildman–Crippen LogP) is 1.85. The van der Waals surface area contributed by atoms with Crippen LogP contribution in [-0.2, 0) is 42.4 Å². The van der Waals surface area contributed by atoms with Gasteiger partial charge in [0.1, 0.15) is 10.6 Å². The van der Waals surface area contributed by atoms with Gasteiger partial charge in [0.25, 0.3) is 5.91 Å². The number of benzene rings is 1. The number of ether oxygens (including phenoxy) is 1. The number of halogens is 1. The van der Waals surface area contributed by atoms with Crippen LogP contribution in [-0.4, -0.2) is 57.1 Å². The number of hydrogen-bond acceptors (Lipinski definition) is 7. The summed E-state index contributed by atoms with van der Waals surface area (Å²) in [6, 6.07) is 3.26. The van der Waals surface area contributed by atoms with Crippen molar-refractivity contribution < 1.29 is 32.9 Å². The third kappa shape index (κ3) is 4.87. The molecule has 3 atom stereocenters. The molecule has 190 valence electrons. The molecule has 11 heteroatoms. The van der Waals surface area contributed by atoms with Crippen LogP contribution in [0.4, 0.5) is 9.18 Å². The number of fused-ring (bicyclic) bond motifs is 1. The summed E-state index contributed by atoms with van der Waals surface area (Å²) in [4.78, 5) is 52.9. The van der Waals surface area contributed by atoms with Gasteiger partial charge in [-0.15, -0.1) is 4.72 Å². The van der Waals surface area contributed by atoms with Crippen LogP contribution < -0.4 is 10.0 Å². The van der Waals surface area contributed by atoms with E-state index in [0.29, 0.717) is 38.0 Å². The third-order valence-electron chi connectivity index (χ3n) is 6.79. The molecule has 4 amide bonds. The Bertz CT molecular complexity index is 1050. The maximum Gasteiger partial charge on any atom is 0.331 e. The van der Waals surface area contributed by atoms with Crippen LogP contribution in [0.25, 0.3) is 0 Å². The van der Waals surface area contributed by atoms with E-state index in [1.165, 1.54) is 6.07 Å². The van der Waals surface area contributed by atoms with E-state index >= 15 is 4.39 Å². The Balaban J connectivity index is 1.66. The number of nitrogens with zero attached hydrogens (tertiary/aromatic N) is 1. The molecule has 3 aliphatic rings. The highest BCUT2D eigenvalue weighted by Gasteiger charge is 2.53. The number of amides is 4. The molecule has 0 spiro atoms. The number of rotatable bonds is 6. The highest BCUT2D eigenvalue weighted by molar-refractivity contribution is 7.90. The number of ketones is 1. The summed E-state index contributed by atoms with van der Waals surface area (Å²) in [6.45, 7) is 5.96. The van der Waals surface area contributed by atoms with Gasteiger partial charge in [0.15, 0.2) is 11.7 Å². The highest BCUT2D eigenvalue weighted by atomic mass is 32.2. The predicted molar refractivity (Wildman–Crippen MR) is 125 cm³/mol. The average Bonchev–Trinajstić information content (AvgIpc) is 3.12. The summed E-state index contributed by atoms with van der Waals surface area (Å²) in [5.74, 6) is -4.93. The topological polar surface area (TPSA) is 128 Å². The molecule has 2 heterocycles. The van der Waals surface area contributed by atoms with Gasteiger partial charge >= 0.3 is 6.03 Å². The van der Waals surface area contributed by atoms with Crippen LogP contribution in [0.15, 0.2) is 18.2 Å². The van der Waals surface area contributed by atoms with Crippen molar-refractivity contribution in [1.82, 2.24) is 14.9 Å². The van der Waals surface area contributed by atoms with Gasteiger partial charge in [-0.1, -0.05) is 12.1 Å². The zero-order chi connectivity index (χ0) is 25.5. The summed E-state index contributed by atoms with van der Waals surface area (Å²) >= 11 is -1.67. The molecule has 4 rings (SSSR count). The lowest BCUT2D eigenvalue weighted by Crippen LogP contribution is -2.63. The smallest absolute Gasteiger partial charge is 0.331 e. The van der Waals surface area contributed by atoms with Gasteiger partial charge < -0.3 is 9.29 Å². The summed E-state index contributed by atoms with van der Waals surface area (Å²) < 4.78 is 35.7. The fourth-order valence-electron chi connectivity index (χ4n) is 4.99. The second-order valence-corrected chi connectivity index (χ2v) is 12.2. The first-order chi connectivity index (χ1) is 16.4. The lowest BCUT2D eigenvalue weighted by molar-refractivity contribution is -0.150. The molecule has 1 aromatic rings. The summed E-state index contributed by atoms with van der Waals surface area (Å²) in [6.07, 6.45) is 1.09. The quantitative estimate of drug-likeness (QED) is 0.444. The van der Waals surface area contributed by atoms with Crippen LogP contribution in [0.5, 0.6) is 0 Å². The van der Waals surface area contributed by atoms with Crippen molar-refractivity contribution in [2.75, 3.05) is 13.2 Å². The van der Waals surface area contributed by atoms with Gasteiger partial charge in [-0.05, 0) is 58.1 Å². The lowest BCUT2D eigenvalue weighted by Gasteiger charge is -2.38. The standard InChI is InChI=1S/C24H30FN3O6S/c1-23(2,3)35(33)27-24(10-7-14-5-4-6-16(25)19(14)24)13-17(29)18-20(30)26-22(32)28(21(18)31)15-8-11-34-12-9-15/h4-6,15,18,27H,7-13H2,1-3H3,(H,26,30,32)/t18-,24+,35-/m1/s1. The first-order valence-corrected chi connectivity index (χ1v) is 12.9. The van der Waals surface area contributed by atoms with Gasteiger partial charge in [-0.2, -0.15) is 0 Å². The second-order valence-electron chi connectivity index (χ2n) is 10.3. The van der Waals surface area contributed by atoms with Gasteiger partial charge in [-0.25, -0.2) is 9.18 Å².